The molecular weight excluding hydrogens is 839 g/mol. The van der Waals surface area contributed by atoms with Crippen LogP contribution in [0.15, 0.2) is 88.8 Å². The highest BCUT2D eigenvalue weighted by Crippen LogP contribution is 2.46. The molecule has 1 aliphatic heterocycles. The minimum absolute atomic E-state index is 0. The number of ether oxygens (including phenoxy) is 3. The smallest absolute Gasteiger partial charge is 0.282 e. The largest absolute Gasteiger partial charge is 1.00 e. The van der Waals surface area contributed by atoms with Gasteiger partial charge in [0.1, 0.15) is 11.2 Å². The summed E-state index contributed by atoms with van der Waals surface area (Å²) in [5, 5.41) is 14.0. The van der Waals surface area contributed by atoms with E-state index in [2.05, 4.69) is 131 Å². The number of thioether (sulfide) groups is 1. The summed E-state index contributed by atoms with van der Waals surface area (Å²) in [6.45, 7) is 6.81. The van der Waals surface area contributed by atoms with Crippen LogP contribution in [0.1, 0.15) is 28.8 Å². The number of hydrogen-bond acceptors (Lipinski definition) is 10. The number of aliphatic hydroxyl groups is 1. The van der Waals surface area contributed by atoms with Crippen LogP contribution < -0.4 is 43.7 Å². The minimum atomic E-state index is -0.132. The van der Waals surface area contributed by atoms with Gasteiger partial charge >= 0.3 is 0 Å². The number of nitrogens with one attached hydrogen (secondary N) is 1. The van der Waals surface area contributed by atoms with Gasteiger partial charge in [0.05, 0.1) is 70.1 Å². The summed E-state index contributed by atoms with van der Waals surface area (Å²) >= 11 is 1.73. The number of anilines is 2. The Hall–Kier alpha value is -3.28. The molecule has 0 saturated heterocycles. The lowest BCUT2D eigenvalue weighted by atomic mass is 10.1. The summed E-state index contributed by atoms with van der Waals surface area (Å²) < 4.78 is 18.6. The third-order valence-corrected chi connectivity index (χ3v) is 10.5. The number of aliphatic hydroxyl groups excluding tert-OH is 1. The summed E-state index contributed by atoms with van der Waals surface area (Å²) in [5.41, 5.74) is 5.07. The van der Waals surface area contributed by atoms with E-state index < -0.39 is 0 Å². The lowest BCUT2D eigenvalue weighted by Crippen LogP contribution is -3.00. The van der Waals surface area contributed by atoms with Gasteiger partial charge in [-0.2, -0.15) is 4.57 Å². The van der Waals surface area contributed by atoms with Crippen molar-refractivity contribution < 1.29 is 52.7 Å². The van der Waals surface area contributed by atoms with Crippen LogP contribution in [-0.4, -0.2) is 135 Å². The van der Waals surface area contributed by atoms with Gasteiger partial charge in [0, 0.05) is 48.6 Å². The molecule has 0 unspecified atom stereocenters. The van der Waals surface area contributed by atoms with Gasteiger partial charge in [-0.05, 0) is 89.1 Å². The number of aromatic nitrogens is 1. The molecule has 56 heavy (non-hydrogen) atoms. The van der Waals surface area contributed by atoms with E-state index in [0.717, 1.165) is 71.4 Å². The van der Waals surface area contributed by atoms with E-state index in [0.29, 0.717) is 51.7 Å². The molecule has 1 aliphatic rings. The maximum Gasteiger partial charge on any atom is 0.282 e. The fourth-order valence-electron chi connectivity index (χ4n) is 6.53. The van der Waals surface area contributed by atoms with E-state index in [1.165, 1.54) is 11.2 Å². The normalized spacial score (nSPS) is 13.1. The molecule has 5 rings (SSSR count). The van der Waals surface area contributed by atoms with E-state index in [1.54, 1.807) is 11.8 Å². The first kappa shape index (κ1) is 45.4. The Bertz CT molecular complexity index is 1830. The van der Waals surface area contributed by atoms with Crippen molar-refractivity contribution >= 4 is 46.2 Å². The maximum absolute atomic E-state index is 13.1. The van der Waals surface area contributed by atoms with Crippen molar-refractivity contribution in [3.63, 3.8) is 0 Å². The zero-order valence-corrected chi connectivity index (χ0v) is 36.6. The number of fused-ring (bicyclic) bond motifs is 2. The third-order valence-electron chi connectivity index (χ3n) is 9.29. The molecule has 4 aromatic rings. The molecule has 1 aromatic heterocycles. The summed E-state index contributed by atoms with van der Waals surface area (Å²) in [6.07, 6.45) is 4.41. The fourth-order valence-corrected chi connectivity index (χ4v) is 7.61. The molecule has 0 saturated carbocycles. The maximum atomic E-state index is 13.1. The van der Waals surface area contributed by atoms with Gasteiger partial charge in [0.2, 0.25) is 0 Å². The zero-order chi connectivity index (χ0) is 39.0. The van der Waals surface area contributed by atoms with Crippen LogP contribution in [0.3, 0.4) is 0 Å². The Morgan fingerprint density at radius 1 is 0.804 bits per heavy atom. The van der Waals surface area contributed by atoms with Crippen molar-refractivity contribution in [1.29, 1.82) is 0 Å². The van der Waals surface area contributed by atoms with Gasteiger partial charge in [0.15, 0.2) is 0 Å². The summed E-state index contributed by atoms with van der Waals surface area (Å²) in [7, 11) is 10.6. The number of carbonyl (C=O) groups excluding carboxylic acids is 1. The molecule has 2 heterocycles. The average molecular weight is 899 g/mol. The van der Waals surface area contributed by atoms with Crippen LogP contribution in [0.25, 0.3) is 22.7 Å². The van der Waals surface area contributed by atoms with Gasteiger partial charge in [-0.25, -0.2) is 0 Å². The first-order valence-electron chi connectivity index (χ1n) is 19.2. The van der Waals surface area contributed by atoms with E-state index in [4.69, 9.17) is 19.3 Å². The molecule has 13 heteroatoms. The van der Waals surface area contributed by atoms with Crippen LogP contribution in [-0.2, 0) is 14.2 Å². The second-order valence-corrected chi connectivity index (χ2v) is 15.2. The van der Waals surface area contributed by atoms with Crippen LogP contribution in [0.5, 0.6) is 0 Å². The van der Waals surface area contributed by atoms with Crippen molar-refractivity contribution in [2.24, 2.45) is 0 Å². The topological polar surface area (TPSA) is 93.9 Å². The number of pyridine rings is 1. The van der Waals surface area contributed by atoms with Crippen LogP contribution in [0, 0.1) is 0 Å². The van der Waals surface area contributed by atoms with Crippen LogP contribution in [0.4, 0.5) is 11.5 Å². The van der Waals surface area contributed by atoms with Gasteiger partial charge in [-0.15, -0.1) is 0 Å². The average Bonchev–Trinajstić information content (AvgIpc) is 3.49. The predicted molar refractivity (Wildman–Crippen MR) is 225 cm³/mol. The van der Waals surface area contributed by atoms with Gasteiger partial charge in [0.25, 0.3) is 11.7 Å². The fraction of sp³-hybridized carbons (Fsp3) is 0.442. The lowest BCUT2D eigenvalue weighted by molar-refractivity contribution is -0.553. The number of hydrogen-bond donors (Lipinski definition) is 2. The highest BCUT2D eigenvalue weighted by Gasteiger charge is 2.27. The molecule has 2 N–H and O–H groups in total. The predicted octanol–water partition coefficient (Wildman–Crippen LogP) is 2.14. The molecular formula is C43H59IN6O5S. The quantitative estimate of drug-likeness (QED) is 0.0657. The number of carbonyl (C=O) groups is 1. The number of nitrogens with zero attached hydrogens (tertiary/aromatic N) is 5. The van der Waals surface area contributed by atoms with E-state index >= 15 is 0 Å². The summed E-state index contributed by atoms with van der Waals surface area (Å²) in [4.78, 5) is 23.5. The molecule has 11 nitrogen and oxygen atoms in total. The van der Waals surface area contributed by atoms with E-state index in [1.807, 2.05) is 18.2 Å². The van der Waals surface area contributed by atoms with Crippen molar-refractivity contribution in [3.8, 4) is 5.69 Å². The molecule has 0 fully saturated rings. The highest BCUT2D eigenvalue weighted by atomic mass is 127. The molecule has 0 spiro atoms. The minimum Gasteiger partial charge on any atom is -1.00 e. The first-order valence-corrected chi connectivity index (χ1v) is 20.1. The SMILES string of the molecule is CN(C)CCCN(CCCN(C)C)c1cc(C=C2Sc3ccc(C(=O)NCCOCCOCCOCCO)cc3N2C)c2ccccc2[n+]1-c1ccccc1.[I-]. The number of halogens is 1. The van der Waals surface area contributed by atoms with Gasteiger partial charge in [-0.3, -0.25) is 9.69 Å². The van der Waals surface area contributed by atoms with Gasteiger partial charge < -0.3 is 63.3 Å². The third kappa shape index (κ3) is 13.1. The number of amides is 1. The standard InChI is InChI=1S/C43H58N6O5S.HI/c1-45(2)20-11-22-48(23-12-21-46(3)4)41-32-35(37-15-9-10-16-38(37)49(41)36-13-7-6-8-14-36)33-42-47(5)39-31-34(17-18-40(39)55-42)43(51)44-19-25-52-27-29-54-30-28-53-26-24-50;/h6-10,13-18,31-33,50H,11-12,19-30H2,1-5H3;1H. The second-order valence-electron chi connectivity index (χ2n) is 14.1. The summed E-state index contributed by atoms with van der Waals surface area (Å²) in [5.74, 6) is 1.05. The molecule has 1 amide bonds. The Balaban J connectivity index is 0.00000696. The summed E-state index contributed by atoms with van der Waals surface area (Å²) in [6, 6.07) is 27.7. The van der Waals surface area contributed by atoms with Crippen molar-refractivity contribution in [1.82, 2.24) is 15.1 Å². The van der Waals surface area contributed by atoms with E-state index in [-0.39, 0.29) is 36.5 Å². The first-order chi connectivity index (χ1) is 26.8. The number of rotatable bonds is 23. The monoisotopic (exact) mass is 898 g/mol. The Morgan fingerprint density at radius 3 is 2.09 bits per heavy atom. The molecule has 0 bridgehead atoms. The Labute approximate surface area is 354 Å². The molecule has 0 aliphatic carbocycles. The van der Waals surface area contributed by atoms with Crippen molar-refractivity contribution in [2.75, 3.05) is 124 Å². The lowest BCUT2D eigenvalue weighted by Gasteiger charge is -2.23. The van der Waals surface area contributed by atoms with Crippen LogP contribution in [0.2, 0.25) is 0 Å². The van der Waals surface area contributed by atoms with E-state index in [9.17, 15) is 4.79 Å². The zero-order valence-electron chi connectivity index (χ0n) is 33.6. The Kier molecular flexibility index (Phi) is 19.3. The van der Waals surface area contributed by atoms with Crippen molar-refractivity contribution in [2.45, 2.75) is 17.7 Å². The van der Waals surface area contributed by atoms with Crippen LogP contribution >= 0.6 is 11.8 Å². The highest BCUT2D eigenvalue weighted by molar-refractivity contribution is 8.03. The number of para-hydroxylation sites is 2. The Morgan fingerprint density at radius 2 is 1.43 bits per heavy atom. The molecule has 3 aromatic carbocycles. The molecule has 0 radical (unpaired) electrons. The molecule has 0 atom stereocenters. The van der Waals surface area contributed by atoms with Crippen molar-refractivity contribution in [3.05, 3.63) is 95.0 Å². The second kappa shape index (κ2) is 23.8. The number of benzene rings is 3. The molecule has 304 valence electrons. The van der Waals surface area contributed by atoms with Gasteiger partial charge in [-0.1, -0.05) is 48.2 Å².